The molecule has 0 aliphatic carbocycles. The van der Waals surface area contributed by atoms with Crippen molar-refractivity contribution in [1.29, 1.82) is 0 Å². The summed E-state index contributed by atoms with van der Waals surface area (Å²) in [4.78, 5) is 15.9. The van der Waals surface area contributed by atoms with E-state index >= 15 is 0 Å². The van der Waals surface area contributed by atoms with Gasteiger partial charge in [0.1, 0.15) is 16.7 Å². The van der Waals surface area contributed by atoms with Crippen molar-refractivity contribution in [2.24, 2.45) is 0 Å². The van der Waals surface area contributed by atoms with Crippen LogP contribution in [-0.2, 0) is 0 Å². The number of benzene rings is 10. The van der Waals surface area contributed by atoms with Crippen molar-refractivity contribution in [1.82, 2.24) is 19.5 Å². The zero-order chi connectivity index (χ0) is 41.2. The first-order valence-corrected chi connectivity index (χ1v) is 21.2. The molecule has 292 valence electrons. The van der Waals surface area contributed by atoms with Crippen LogP contribution in [0.3, 0.4) is 0 Å². The van der Waals surface area contributed by atoms with Gasteiger partial charge in [-0.15, -0.1) is 0 Å². The molecule has 0 fully saturated rings. The predicted molar refractivity (Wildman–Crippen MR) is 258 cm³/mol. The lowest BCUT2D eigenvalue weighted by molar-refractivity contribution is 0.666. The Morgan fingerprint density at radius 2 is 0.857 bits per heavy atom. The van der Waals surface area contributed by atoms with Gasteiger partial charge in [-0.25, -0.2) is 15.0 Å². The number of fused-ring (bicyclic) bond motifs is 13. The number of aromatic nitrogens is 4. The van der Waals surface area contributed by atoms with Crippen LogP contribution >= 0.6 is 0 Å². The van der Waals surface area contributed by atoms with Crippen molar-refractivity contribution < 1.29 is 8.83 Å². The molecule has 6 heteroatoms. The van der Waals surface area contributed by atoms with Gasteiger partial charge in [-0.3, -0.25) is 0 Å². The van der Waals surface area contributed by atoms with E-state index < -0.39 is 0 Å². The molecule has 63 heavy (non-hydrogen) atoms. The number of nitrogens with zero attached hydrogens (tertiary/aromatic N) is 4. The second-order valence-electron chi connectivity index (χ2n) is 16.4. The Morgan fingerprint density at radius 3 is 1.63 bits per heavy atom. The molecule has 0 N–H and O–H groups in total. The summed E-state index contributed by atoms with van der Waals surface area (Å²) in [6, 6.07) is 68.1. The Labute approximate surface area is 358 Å². The first kappa shape index (κ1) is 34.1. The molecule has 6 nitrogen and oxygen atoms in total. The van der Waals surface area contributed by atoms with E-state index in [1.807, 2.05) is 42.5 Å². The summed E-state index contributed by atoms with van der Waals surface area (Å²) in [6.07, 6.45) is 0. The Morgan fingerprint density at radius 1 is 0.317 bits per heavy atom. The van der Waals surface area contributed by atoms with Crippen LogP contribution in [0, 0.1) is 0 Å². The molecule has 0 aliphatic heterocycles. The maximum Gasteiger partial charge on any atom is 0.164 e. The molecular formula is C57H32N4O2. The molecule has 4 heterocycles. The van der Waals surface area contributed by atoms with Gasteiger partial charge in [-0.1, -0.05) is 127 Å². The zero-order valence-electron chi connectivity index (χ0n) is 33.6. The molecule has 0 bridgehead atoms. The Bertz CT molecular complexity index is 4230. The summed E-state index contributed by atoms with van der Waals surface area (Å²) in [5, 5.41) is 13.5. The van der Waals surface area contributed by atoms with Gasteiger partial charge in [0.05, 0.1) is 16.7 Å². The highest BCUT2D eigenvalue weighted by atomic mass is 16.3. The van der Waals surface area contributed by atoms with Gasteiger partial charge < -0.3 is 13.4 Å². The number of hydrogen-bond donors (Lipinski definition) is 0. The van der Waals surface area contributed by atoms with E-state index in [1.165, 1.54) is 32.3 Å². The molecular weight excluding hydrogens is 773 g/mol. The van der Waals surface area contributed by atoms with E-state index in [4.69, 9.17) is 23.8 Å². The highest BCUT2D eigenvalue weighted by Gasteiger charge is 2.23. The minimum absolute atomic E-state index is 0.561. The van der Waals surface area contributed by atoms with Gasteiger partial charge in [-0.2, -0.15) is 0 Å². The first-order chi connectivity index (χ1) is 31.2. The topological polar surface area (TPSA) is 69.9 Å². The maximum atomic E-state index is 6.88. The Hall–Kier alpha value is -8.61. The number of rotatable bonds is 4. The second kappa shape index (κ2) is 12.9. The minimum atomic E-state index is 0.561. The largest absolute Gasteiger partial charge is 0.456 e. The normalized spacial score (nSPS) is 12.1. The van der Waals surface area contributed by atoms with Gasteiger partial charge in [-0.05, 0) is 99.0 Å². The van der Waals surface area contributed by atoms with Crippen molar-refractivity contribution in [3.63, 3.8) is 0 Å². The summed E-state index contributed by atoms with van der Waals surface area (Å²) in [7, 11) is 0. The van der Waals surface area contributed by atoms with E-state index in [9.17, 15) is 0 Å². The summed E-state index contributed by atoms with van der Waals surface area (Å²) in [6.45, 7) is 0. The first-order valence-electron chi connectivity index (χ1n) is 21.2. The molecule has 0 radical (unpaired) electrons. The van der Waals surface area contributed by atoms with Crippen LogP contribution in [0.2, 0.25) is 0 Å². The van der Waals surface area contributed by atoms with E-state index in [-0.39, 0.29) is 0 Å². The number of hydrogen-bond acceptors (Lipinski definition) is 5. The lowest BCUT2D eigenvalue weighted by Crippen LogP contribution is -2.01. The van der Waals surface area contributed by atoms with Gasteiger partial charge >= 0.3 is 0 Å². The molecule has 0 saturated heterocycles. The highest BCUT2D eigenvalue weighted by Crippen LogP contribution is 2.43. The number of furan rings is 2. The van der Waals surface area contributed by atoms with Crippen molar-refractivity contribution in [2.75, 3.05) is 0 Å². The van der Waals surface area contributed by atoms with E-state index in [0.717, 1.165) is 88.1 Å². The van der Waals surface area contributed by atoms with Crippen molar-refractivity contribution in [2.45, 2.75) is 0 Å². The van der Waals surface area contributed by atoms with Crippen molar-refractivity contribution in [3.05, 3.63) is 194 Å². The summed E-state index contributed by atoms with van der Waals surface area (Å²) < 4.78 is 15.5. The van der Waals surface area contributed by atoms with Crippen molar-refractivity contribution >= 4 is 98.0 Å². The smallest absolute Gasteiger partial charge is 0.164 e. The molecule has 14 rings (SSSR count). The van der Waals surface area contributed by atoms with Crippen LogP contribution in [0.4, 0.5) is 0 Å². The molecule has 10 aromatic carbocycles. The third-order valence-electron chi connectivity index (χ3n) is 12.8. The van der Waals surface area contributed by atoms with Crippen LogP contribution in [-0.4, -0.2) is 19.5 Å². The summed E-state index contributed by atoms with van der Waals surface area (Å²) >= 11 is 0. The third kappa shape index (κ3) is 5.15. The average molecular weight is 805 g/mol. The fourth-order valence-electron chi connectivity index (χ4n) is 9.79. The SMILES string of the molecule is c1ccc2cc(-c3nc(-c4ccc5oc6ccccc6c5c4)nc(-c4cc(-n5c6cc7ccccc7cc6c6c7ccccc7ccc65)c5oc6ccccc6c5c4)n3)ccc2c1. The third-order valence-corrected chi connectivity index (χ3v) is 12.8. The fraction of sp³-hybridized carbons (Fsp3) is 0. The van der Waals surface area contributed by atoms with Crippen LogP contribution < -0.4 is 0 Å². The molecule has 0 atom stereocenters. The summed E-state index contributed by atoms with van der Waals surface area (Å²) in [5.74, 6) is 1.72. The predicted octanol–water partition coefficient (Wildman–Crippen LogP) is 15.2. The Kier molecular flexibility index (Phi) is 7.02. The van der Waals surface area contributed by atoms with Gasteiger partial charge in [0.15, 0.2) is 23.1 Å². The second-order valence-corrected chi connectivity index (χ2v) is 16.4. The highest BCUT2D eigenvalue weighted by molar-refractivity contribution is 6.24. The summed E-state index contributed by atoms with van der Waals surface area (Å²) in [5.41, 5.74) is 8.98. The van der Waals surface area contributed by atoms with Crippen LogP contribution in [0.1, 0.15) is 0 Å². The quantitative estimate of drug-likeness (QED) is 0.177. The maximum absolute atomic E-state index is 6.88. The lowest BCUT2D eigenvalue weighted by atomic mass is 10.0. The molecule has 0 aliphatic rings. The zero-order valence-corrected chi connectivity index (χ0v) is 33.6. The monoisotopic (exact) mass is 804 g/mol. The van der Waals surface area contributed by atoms with Crippen LogP contribution in [0.25, 0.3) is 138 Å². The molecule has 0 amide bonds. The molecule has 14 aromatic rings. The number of para-hydroxylation sites is 2. The minimum Gasteiger partial charge on any atom is -0.456 e. The molecule has 4 aromatic heterocycles. The van der Waals surface area contributed by atoms with Gasteiger partial charge in [0.2, 0.25) is 0 Å². The Balaban J connectivity index is 1.08. The average Bonchev–Trinajstić information content (AvgIpc) is 4.02. The van der Waals surface area contributed by atoms with Gasteiger partial charge in [0, 0.05) is 49.0 Å². The van der Waals surface area contributed by atoms with Crippen molar-refractivity contribution in [3.8, 4) is 39.9 Å². The standard InChI is InChI=1S/C57H32N4O2/c1-2-13-35-27-38(22-21-33(35)11-1)55-58-56(39-24-26-52-44(29-39)42-17-7-9-19-50(42)62-52)60-57(59-55)40-30-45-43-18-8-10-20-51(43)63-54(45)49(32-40)61-47-25-23-34-12-5-6-16-41(34)53(47)46-28-36-14-3-4-15-37(36)31-48(46)61/h1-32H. The van der Waals surface area contributed by atoms with Crippen LogP contribution in [0.5, 0.6) is 0 Å². The van der Waals surface area contributed by atoms with E-state index in [2.05, 4.69) is 156 Å². The fourth-order valence-corrected chi connectivity index (χ4v) is 9.79. The molecule has 0 saturated carbocycles. The lowest BCUT2D eigenvalue weighted by Gasteiger charge is -2.13. The molecule has 0 unspecified atom stereocenters. The van der Waals surface area contributed by atoms with E-state index in [1.54, 1.807) is 0 Å². The van der Waals surface area contributed by atoms with E-state index in [0.29, 0.717) is 17.5 Å². The van der Waals surface area contributed by atoms with Gasteiger partial charge in [0.25, 0.3) is 0 Å². The van der Waals surface area contributed by atoms with Crippen LogP contribution in [0.15, 0.2) is 203 Å². The molecule has 0 spiro atoms.